The first-order chi connectivity index (χ1) is 9.66. The molecule has 0 aliphatic heterocycles. The molecule has 0 heteroatoms. The van der Waals surface area contributed by atoms with Gasteiger partial charge in [0.2, 0.25) is 0 Å². The van der Waals surface area contributed by atoms with Gasteiger partial charge in [-0.15, -0.1) is 0 Å². The molecule has 0 nitrogen and oxygen atoms in total. The Hall–Kier alpha value is -1.04. The fraction of sp³-hybridized carbons (Fsp3) is 0.619. The molecule has 3 rings (SSSR count). The molecular formula is C21H30. The van der Waals surface area contributed by atoms with Gasteiger partial charge < -0.3 is 0 Å². The van der Waals surface area contributed by atoms with Gasteiger partial charge in [0.1, 0.15) is 0 Å². The van der Waals surface area contributed by atoms with Crippen molar-refractivity contribution in [2.75, 3.05) is 0 Å². The van der Waals surface area contributed by atoms with E-state index in [0.29, 0.717) is 22.7 Å². The lowest BCUT2D eigenvalue weighted by molar-refractivity contribution is 0.384. The summed E-state index contributed by atoms with van der Waals surface area (Å²) in [5, 5.41) is 0. The van der Waals surface area contributed by atoms with Gasteiger partial charge in [-0.1, -0.05) is 77.0 Å². The smallest absolute Gasteiger partial charge is 0.00631 e. The van der Waals surface area contributed by atoms with Crippen molar-refractivity contribution in [2.24, 2.45) is 10.8 Å². The van der Waals surface area contributed by atoms with Crippen LogP contribution in [0.3, 0.4) is 0 Å². The Morgan fingerprint density at radius 1 is 0.762 bits per heavy atom. The number of rotatable bonds is 2. The Labute approximate surface area is 130 Å². The van der Waals surface area contributed by atoms with Crippen LogP contribution in [-0.2, 0) is 0 Å². The largest absolute Gasteiger partial charge is 0.0623 e. The third-order valence-electron chi connectivity index (χ3n) is 4.91. The lowest BCUT2D eigenvalue weighted by atomic mass is 9.74. The lowest BCUT2D eigenvalue weighted by Crippen LogP contribution is -2.16. The molecule has 114 valence electrons. The molecule has 1 aromatic rings. The second-order valence-electron chi connectivity index (χ2n) is 9.50. The first kappa shape index (κ1) is 14.9. The SMILES string of the molecule is CC(C)(C)CC1=C(CC(C)(C)C)C2CC1c1ccccc12. The quantitative estimate of drug-likeness (QED) is 0.547. The monoisotopic (exact) mass is 282 g/mol. The Morgan fingerprint density at radius 2 is 1.14 bits per heavy atom. The number of benzene rings is 1. The first-order valence-corrected chi connectivity index (χ1v) is 8.46. The van der Waals surface area contributed by atoms with E-state index in [1.54, 1.807) is 22.3 Å². The van der Waals surface area contributed by atoms with Gasteiger partial charge in [-0.2, -0.15) is 0 Å². The van der Waals surface area contributed by atoms with Gasteiger partial charge in [0.15, 0.2) is 0 Å². The van der Waals surface area contributed by atoms with Crippen LogP contribution in [-0.4, -0.2) is 0 Å². The van der Waals surface area contributed by atoms with Gasteiger partial charge in [-0.05, 0) is 41.2 Å². The van der Waals surface area contributed by atoms with Crippen molar-refractivity contribution in [3.05, 3.63) is 46.5 Å². The number of fused-ring (bicyclic) bond motifs is 5. The van der Waals surface area contributed by atoms with E-state index < -0.39 is 0 Å². The Bertz CT molecular complexity index is 524. The zero-order valence-electron chi connectivity index (χ0n) is 14.6. The van der Waals surface area contributed by atoms with E-state index in [1.807, 2.05) is 0 Å². The Morgan fingerprint density at radius 3 is 1.48 bits per heavy atom. The Balaban J connectivity index is 2.03. The highest BCUT2D eigenvalue weighted by Crippen LogP contribution is 2.60. The van der Waals surface area contributed by atoms with Gasteiger partial charge in [-0.3, -0.25) is 0 Å². The van der Waals surface area contributed by atoms with Crippen molar-refractivity contribution in [2.45, 2.75) is 72.6 Å². The molecule has 0 saturated heterocycles. The minimum Gasteiger partial charge on any atom is -0.0623 e. The van der Waals surface area contributed by atoms with E-state index in [2.05, 4.69) is 65.8 Å². The molecule has 2 aliphatic carbocycles. The highest BCUT2D eigenvalue weighted by molar-refractivity contribution is 5.55. The molecule has 2 bridgehead atoms. The third-order valence-corrected chi connectivity index (χ3v) is 4.91. The fourth-order valence-electron chi connectivity index (χ4n) is 4.36. The molecule has 0 saturated carbocycles. The summed E-state index contributed by atoms with van der Waals surface area (Å²) in [4.78, 5) is 0. The molecule has 0 N–H and O–H groups in total. The number of hydrogen-bond acceptors (Lipinski definition) is 0. The molecule has 0 amide bonds. The molecule has 1 aromatic carbocycles. The zero-order valence-corrected chi connectivity index (χ0v) is 14.6. The topological polar surface area (TPSA) is 0 Å². The maximum Gasteiger partial charge on any atom is 0.00631 e. The molecule has 2 unspecified atom stereocenters. The van der Waals surface area contributed by atoms with E-state index in [0.717, 1.165) is 0 Å². The summed E-state index contributed by atoms with van der Waals surface area (Å²) >= 11 is 0. The standard InChI is InChI=1S/C21H30/c1-20(2,3)12-18-16-11-17(19(18)13-21(4,5)6)15-10-8-7-9-14(15)16/h7-10,16-17H,11-13H2,1-6H3. The highest BCUT2D eigenvalue weighted by Gasteiger charge is 2.44. The van der Waals surface area contributed by atoms with Crippen LogP contribution in [0.2, 0.25) is 0 Å². The van der Waals surface area contributed by atoms with Crippen LogP contribution in [0.4, 0.5) is 0 Å². The molecule has 0 radical (unpaired) electrons. The van der Waals surface area contributed by atoms with Gasteiger partial charge in [0.25, 0.3) is 0 Å². The summed E-state index contributed by atoms with van der Waals surface area (Å²) in [7, 11) is 0. The molecule has 0 fully saturated rings. The van der Waals surface area contributed by atoms with Gasteiger partial charge >= 0.3 is 0 Å². The zero-order chi connectivity index (χ0) is 15.4. The van der Waals surface area contributed by atoms with Gasteiger partial charge in [0.05, 0.1) is 0 Å². The average Bonchev–Trinajstić information content (AvgIpc) is 2.84. The van der Waals surface area contributed by atoms with E-state index in [4.69, 9.17) is 0 Å². The van der Waals surface area contributed by atoms with E-state index in [-0.39, 0.29) is 0 Å². The van der Waals surface area contributed by atoms with Crippen molar-refractivity contribution in [1.82, 2.24) is 0 Å². The molecular weight excluding hydrogens is 252 g/mol. The summed E-state index contributed by atoms with van der Waals surface area (Å²) in [5.41, 5.74) is 7.58. The van der Waals surface area contributed by atoms with Crippen molar-refractivity contribution >= 4 is 0 Å². The molecule has 0 aromatic heterocycles. The minimum absolute atomic E-state index is 0.387. The van der Waals surface area contributed by atoms with Crippen LogP contribution in [0.5, 0.6) is 0 Å². The summed E-state index contributed by atoms with van der Waals surface area (Å²) in [6, 6.07) is 9.18. The summed E-state index contributed by atoms with van der Waals surface area (Å²) in [6.07, 6.45) is 3.86. The number of hydrogen-bond donors (Lipinski definition) is 0. The highest BCUT2D eigenvalue weighted by atomic mass is 14.5. The maximum atomic E-state index is 2.38. The number of allylic oxidation sites excluding steroid dienone is 2. The molecule has 0 spiro atoms. The second-order valence-corrected chi connectivity index (χ2v) is 9.50. The van der Waals surface area contributed by atoms with Crippen LogP contribution in [0.15, 0.2) is 35.4 Å². The molecule has 0 heterocycles. The minimum atomic E-state index is 0.387. The fourth-order valence-corrected chi connectivity index (χ4v) is 4.36. The molecule has 21 heavy (non-hydrogen) atoms. The van der Waals surface area contributed by atoms with E-state index in [1.165, 1.54) is 19.3 Å². The Kier molecular flexibility index (Phi) is 3.35. The predicted molar refractivity (Wildman–Crippen MR) is 91.7 cm³/mol. The van der Waals surface area contributed by atoms with Gasteiger partial charge in [-0.25, -0.2) is 0 Å². The van der Waals surface area contributed by atoms with Crippen molar-refractivity contribution in [3.63, 3.8) is 0 Å². The van der Waals surface area contributed by atoms with Crippen LogP contribution < -0.4 is 0 Å². The third kappa shape index (κ3) is 2.82. The normalized spacial score (nSPS) is 24.7. The van der Waals surface area contributed by atoms with Crippen molar-refractivity contribution in [1.29, 1.82) is 0 Å². The summed E-state index contributed by atoms with van der Waals surface area (Å²) < 4.78 is 0. The van der Waals surface area contributed by atoms with E-state index in [9.17, 15) is 0 Å². The maximum absolute atomic E-state index is 2.38. The van der Waals surface area contributed by atoms with Crippen LogP contribution >= 0.6 is 0 Å². The lowest BCUT2D eigenvalue weighted by Gasteiger charge is -2.31. The van der Waals surface area contributed by atoms with E-state index >= 15 is 0 Å². The first-order valence-electron chi connectivity index (χ1n) is 8.46. The van der Waals surface area contributed by atoms with Gasteiger partial charge in [0, 0.05) is 11.8 Å². The van der Waals surface area contributed by atoms with Crippen LogP contribution in [0.25, 0.3) is 0 Å². The predicted octanol–water partition coefficient (Wildman–Crippen LogP) is 6.44. The van der Waals surface area contributed by atoms with Crippen LogP contribution in [0, 0.1) is 10.8 Å². The molecule has 2 atom stereocenters. The summed E-state index contributed by atoms with van der Waals surface area (Å²) in [6.45, 7) is 14.3. The second kappa shape index (κ2) is 4.73. The summed E-state index contributed by atoms with van der Waals surface area (Å²) in [5.74, 6) is 1.42. The van der Waals surface area contributed by atoms with Crippen molar-refractivity contribution in [3.8, 4) is 0 Å². The average molecular weight is 282 g/mol. The van der Waals surface area contributed by atoms with Crippen LogP contribution in [0.1, 0.15) is 83.8 Å². The van der Waals surface area contributed by atoms with Crippen molar-refractivity contribution < 1.29 is 0 Å². The molecule has 2 aliphatic rings.